The predicted octanol–water partition coefficient (Wildman–Crippen LogP) is 2.76. The SMILES string of the molecule is CCOC(=O)C1=C(C)NC(C)=C(C(=O)OCC)C1c1ccc2[nH]c(=O)c(C#N)cc2c1. The Morgan fingerprint density at radius 2 is 1.61 bits per heavy atom. The van der Waals surface area contributed by atoms with Crippen molar-refractivity contribution in [3.8, 4) is 6.07 Å². The van der Waals surface area contributed by atoms with Crippen LogP contribution in [0, 0.1) is 11.3 Å². The predicted molar refractivity (Wildman–Crippen MR) is 114 cm³/mol. The lowest BCUT2D eigenvalue weighted by Crippen LogP contribution is -2.32. The van der Waals surface area contributed by atoms with Crippen molar-refractivity contribution in [2.75, 3.05) is 13.2 Å². The van der Waals surface area contributed by atoms with Crippen molar-refractivity contribution in [3.63, 3.8) is 0 Å². The maximum atomic E-state index is 12.8. The molecule has 0 aliphatic carbocycles. The van der Waals surface area contributed by atoms with Crippen molar-refractivity contribution in [2.24, 2.45) is 0 Å². The van der Waals surface area contributed by atoms with E-state index in [0.717, 1.165) is 0 Å². The fourth-order valence-corrected chi connectivity index (χ4v) is 3.77. The quantitative estimate of drug-likeness (QED) is 0.712. The molecule has 8 nitrogen and oxygen atoms in total. The van der Waals surface area contributed by atoms with Crippen molar-refractivity contribution < 1.29 is 19.1 Å². The number of nitriles is 1. The normalized spacial score (nSPS) is 14.3. The molecule has 160 valence electrons. The zero-order chi connectivity index (χ0) is 22.7. The standard InChI is InChI=1S/C23H23N3O5/c1-5-30-22(28)18-12(3)25-13(4)19(23(29)31-6-2)20(18)14-7-8-17-15(9-14)10-16(11-24)21(27)26-17/h7-10,20,25H,5-6H2,1-4H3,(H,26,27). The number of nitrogens with one attached hydrogen (secondary N) is 2. The van der Waals surface area contributed by atoms with Crippen LogP contribution in [0.2, 0.25) is 0 Å². The number of carbonyl (C=O) groups excluding carboxylic acids is 2. The largest absolute Gasteiger partial charge is 0.463 e. The van der Waals surface area contributed by atoms with Crippen molar-refractivity contribution in [1.82, 2.24) is 10.3 Å². The Morgan fingerprint density at radius 1 is 1.03 bits per heavy atom. The van der Waals surface area contributed by atoms with Gasteiger partial charge in [-0.1, -0.05) is 6.07 Å². The highest BCUT2D eigenvalue weighted by molar-refractivity contribution is 6.00. The van der Waals surface area contributed by atoms with Crippen LogP contribution in [0.15, 0.2) is 51.6 Å². The number of fused-ring (bicyclic) bond motifs is 1. The first kappa shape index (κ1) is 21.8. The molecule has 0 saturated heterocycles. The molecule has 0 atom stereocenters. The average Bonchev–Trinajstić information content (AvgIpc) is 2.72. The molecule has 3 rings (SSSR count). The third-order valence-corrected chi connectivity index (χ3v) is 5.07. The smallest absolute Gasteiger partial charge is 0.336 e. The van der Waals surface area contributed by atoms with E-state index < -0.39 is 23.4 Å². The van der Waals surface area contributed by atoms with Crippen LogP contribution in [0.4, 0.5) is 0 Å². The topological polar surface area (TPSA) is 121 Å². The molecular weight excluding hydrogens is 398 g/mol. The van der Waals surface area contributed by atoms with E-state index in [1.54, 1.807) is 45.9 Å². The third-order valence-electron chi connectivity index (χ3n) is 5.07. The number of pyridine rings is 1. The molecule has 0 unspecified atom stereocenters. The molecule has 1 aromatic carbocycles. The molecule has 0 spiro atoms. The van der Waals surface area contributed by atoms with Crippen LogP contribution in [0.5, 0.6) is 0 Å². The minimum atomic E-state index is -0.735. The highest BCUT2D eigenvalue weighted by Crippen LogP contribution is 2.40. The lowest BCUT2D eigenvalue weighted by molar-refractivity contribution is -0.139. The highest BCUT2D eigenvalue weighted by atomic mass is 16.5. The van der Waals surface area contributed by atoms with E-state index in [0.29, 0.717) is 39.0 Å². The van der Waals surface area contributed by atoms with Crippen molar-refractivity contribution in [3.05, 3.63) is 68.3 Å². The first-order valence-electron chi connectivity index (χ1n) is 9.92. The average molecular weight is 421 g/mol. The number of carbonyl (C=O) groups is 2. The first-order chi connectivity index (χ1) is 14.8. The Labute approximate surface area is 179 Å². The zero-order valence-electron chi connectivity index (χ0n) is 17.8. The Bertz CT molecular complexity index is 1190. The molecular formula is C23H23N3O5. The van der Waals surface area contributed by atoms with Gasteiger partial charge in [0.1, 0.15) is 11.6 Å². The second kappa shape index (κ2) is 8.88. The maximum Gasteiger partial charge on any atom is 0.336 e. The van der Waals surface area contributed by atoms with Gasteiger partial charge in [-0.15, -0.1) is 0 Å². The van der Waals surface area contributed by atoms with Crippen LogP contribution in [-0.2, 0) is 19.1 Å². The summed E-state index contributed by atoms with van der Waals surface area (Å²) in [4.78, 5) is 40.3. The van der Waals surface area contributed by atoms with E-state index in [4.69, 9.17) is 9.47 Å². The Morgan fingerprint density at radius 3 is 2.13 bits per heavy atom. The highest BCUT2D eigenvalue weighted by Gasteiger charge is 2.38. The second-order valence-corrected chi connectivity index (χ2v) is 7.05. The molecule has 0 bridgehead atoms. The van der Waals surface area contributed by atoms with Gasteiger partial charge in [0.05, 0.1) is 30.3 Å². The van der Waals surface area contributed by atoms with Crippen LogP contribution in [0.25, 0.3) is 10.9 Å². The number of hydrogen-bond acceptors (Lipinski definition) is 7. The number of esters is 2. The molecule has 0 radical (unpaired) electrons. The summed E-state index contributed by atoms with van der Waals surface area (Å²) in [5, 5.41) is 12.9. The van der Waals surface area contributed by atoms with E-state index >= 15 is 0 Å². The number of aromatic nitrogens is 1. The summed E-state index contributed by atoms with van der Waals surface area (Å²) in [5.74, 6) is -1.81. The summed E-state index contributed by atoms with van der Waals surface area (Å²) < 4.78 is 10.5. The summed E-state index contributed by atoms with van der Waals surface area (Å²) in [6, 6.07) is 8.53. The van der Waals surface area contributed by atoms with Crippen LogP contribution < -0.4 is 10.9 Å². The molecule has 0 fully saturated rings. The molecule has 31 heavy (non-hydrogen) atoms. The molecule has 2 heterocycles. The Hall–Kier alpha value is -3.86. The Balaban J connectivity index is 2.26. The van der Waals surface area contributed by atoms with Gasteiger partial charge in [-0.2, -0.15) is 5.26 Å². The fourth-order valence-electron chi connectivity index (χ4n) is 3.77. The van der Waals surface area contributed by atoms with Gasteiger partial charge >= 0.3 is 11.9 Å². The molecule has 1 aliphatic heterocycles. The second-order valence-electron chi connectivity index (χ2n) is 7.05. The zero-order valence-corrected chi connectivity index (χ0v) is 17.8. The van der Waals surface area contributed by atoms with Crippen molar-refractivity contribution in [1.29, 1.82) is 5.26 Å². The number of dihydropyridines is 1. The number of H-pyrrole nitrogens is 1. The Kier molecular flexibility index (Phi) is 6.25. The minimum absolute atomic E-state index is 0.0235. The first-order valence-corrected chi connectivity index (χ1v) is 9.92. The van der Waals surface area contributed by atoms with Gasteiger partial charge < -0.3 is 19.8 Å². The minimum Gasteiger partial charge on any atom is -0.463 e. The summed E-state index contributed by atoms with van der Waals surface area (Å²) in [5.41, 5.74) is 2.44. The molecule has 0 saturated carbocycles. The van der Waals surface area contributed by atoms with Gasteiger partial charge in [-0.05, 0) is 56.8 Å². The molecule has 8 heteroatoms. The van der Waals surface area contributed by atoms with Gasteiger partial charge in [-0.3, -0.25) is 4.79 Å². The molecule has 2 N–H and O–H groups in total. The third kappa shape index (κ3) is 4.08. The number of allylic oxidation sites excluding steroid dienone is 2. The summed E-state index contributed by atoms with van der Waals surface area (Å²) in [6.07, 6.45) is 0. The summed E-state index contributed by atoms with van der Waals surface area (Å²) in [7, 11) is 0. The van der Waals surface area contributed by atoms with Crippen molar-refractivity contribution >= 4 is 22.8 Å². The molecule has 1 aliphatic rings. The van der Waals surface area contributed by atoms with Crippen LogP contribution in [-0.4, -0.2) is 30.1 Å². The van der Waals surface area contributed by atoms with E-state index in [-0.39, 0.29) is 18.8 Å². The van der Waals surface area contributed by atoms with Crippen LogP contribution in [0.1, 0.15) is 44.7 Å². The maximum absolute atomic E-state index is 12.8. The lowest BCUT2D eigenvalue weighted by atomic mass is 9.80. The van der Waals surface area contributed by atoms with Crippen LogP contribution >= 0.6 is 0 Å². The number of rotatable bonds is 5. The molecule has 2 aromatic rings. The van der Waals surface area contributed by atoms with E-state index in [1.165, 1.54) is 6.07 Å². The summed E-state index contributed by atoms with van der Waals surface area (Å²) >= 11 is 0. The van der Waals surface area contributed by atoms with E-state index in [2.05, 4.69) is 10.3 Å². The fraction of sp³-hybridized carbons (Fsp3) is 0.304. The van der Waals surface area contributed by atoms with E-state index in [1.807, 2.05) is 6.07 Å². The number of nitrogens with zero attached hydrogens (tertiary/aromatic N) is 1. The molecule has 0 amide bonds. The van der Waals surface area contributed by atoms with Crippen molar-refractivity contribution in [2.45, 2.75) is 33.6 Å². The van der Waals surface area contributed by atoms with Gasteiger partial charge in [0.2, 0.25) is 0 Å². The number of ether oxygens (including phenoxy) is 2. The summed E-state index contributed by atoms with van der Waals surface area (Å²) in [6.45, 7) is 7.28. The lowest BCUT2D eigenvalue weighted by Gasteiger charge is -2.30. The number of aromatic amines is 1. The number of benzene rings is 1. The van der Waals surface area contributed by atoms with Gasteiger partial charge in [0.25, 0.3) is 5.56 Å². The van der Waals surface area contributed by atoms with Gasteiger partial charge in [-0.25, -0.2) is 9.59 Å². The molecule has 1 aromatic heterocycles. The van der Waals surface area contributed by atoms with Gasteiger partial charge in [0, 0.05) is 16.9 Å². The van der Waals surface area contributed by atoms with Crippen LogP contribution in [0.3, 0.4) is 0 Å². The van der Waals surface area contributed by atoms with Gasteiger partial charge in [0.15, 0.2) is 0 Å². The van der Waals surface area contributed by atoms with E-state index in [9.17, 15) is 19.6 Å². The monoisotopic (exact) mass is 421 g/mol. The number of hydrogen-bond donors (Lipinski definition) is 2.